The van der Waals surface area contributed by atoms with Crippen molar-refractivity contribution in [3.63, 3.8) is 0 Å². The van der Waals surface area contributed by atoms with E-state index in [-0.39, 0.29) is 6.42 Å². The van der Waals surface area contributed by atoms with E-state index in [1.807, 2.05) is 6.07 Å². The monoisotopic (exact) mass is 222 g/mol. The first kappa shape index (κ1) is 10.1. The summed E-state index contributed by atoms with van der Waals surface area (Å²) in [7, 11) is 0. The fourth-order valence-electron chi connectivity index (χ4n) is 1.46. The molecule has 2 rings (SSSR count). The van der Waals surface area contributed by atoms with Crippen molar-refractivity contribution in [2.45, 2.75) is 19.3 Å². The number of nitriles is 1. The number of hydrogen-bond acceptors (Lipinski definition) is 6. The van der Waals surface area contributed by atoms with E-state index in [0.29, 0.717) is 24.4 Å². The second-order valence-corrected chi connectivity index (χ2v) is 4.08. The minimum Gasteiger partial charge on any atom is -0.346 e. The van der Waals surface area contributed by atoms with Gasteiger partial charge in [0.25, 0.3) is 0 Å². The lowest BCUT2D eigenvalue weighted by Crippen LogP contribution is -2.33. The highest BCUT2D eigenvalue weighted by Gasteiger charge is 2.19. The van der Waals surface area contributed by atoms with Gasteiger partial charge in [-0.25, -0.2) is 4.98 Å². The van der Waals surface area contributed by atoms with Gasteiger partial charge in [-0.05, 0) is 0 Å². The largest absolute Gasteiger partial charge is 0.346 e. The Labute approximate surface area is 91.5 Å². The zero-order chi connectivity index (χ0) is 10.7. The van der Waals surface area contributed by atoms with E-state index >= 15 is 0 Å². The third-order valence-corrected chi connectivity index (χ3v) is 3.10. The molecule has 1 aromatic heterocycles. The number of piperidine rings is 1. The molecule has 5 nitrogen and oxygen atoms in total. The molecule has 78 valence electrons. The van der Waals surface area contributed by atoms with Crippen molar-refractivity contribution in [1.29, 1.82) is 5.26 Å². The van der Waals surface area contributed by atoms with Crippen LogP contribution < -0.4 is 4.90 Å². The van der Waals surface area contributed by atoms with E-state index in [0.717, 1.165) is 18.2 Å². The van der Waals surface area contributed by atoms with Gasteiger partial charge in [-0.1, -0.05) is 0 Å². The highest BCUT2D eigenvalue weighted by Crippen LogP contribution is 2.20. The molecular formula is C9H10N4OS. The van der Waals surface area contributed by atoms with E-state index in [4.69, 9.17) is 5.26 Å². The summed E-state index contributed by atoms with van der Waals surface area (Å²) >= 11 is 1.30. The molecule has 1 saturated heterocycles. The number of anilines is 1. The van der Waals surface area contributed by atoms with E-state index in [2.05, 4.69) is 14.3 Å². The predicted octanol–water partition coefficient (Wildman–Crippen LogP) is 0.773. The Hall–Kier alpha value is -1.48. The minimum atomic E-state index is 0.253. The zero-order valence-corrected chi connectivity index (χ0v) is 8.96. The number of aromatic nitrogens is 2. The van der Waals surface area contributed by atoms with Gasteiger partial charge in [-0.2, -0.15) is 9.64 Å². The van der Waals surface area contributed by atoms with Crippen LogP contribution in [0.15, 0.2) is 0 Å². The van der Waals surface area contributed by atoms with Crippen molar-refractivity contribution in [2.75, 3.05) is 18.0 Å². The Morgan fingerprint density at radius 1 is 1.47 bits per heavy atom. The van der Waals surface area contributed by atoms with Gasteiger partial charge in [0, 0.05) is 37.5 Å². The number of rotatable bonds is 2. The Morgan fingerprint density at radius 3 is 2.87 bits per heavy atom. The van der Waals surface area contributed by atoms with Gasteiger partial charge in [0.05, 0.1) is 12.5 Å². The number of ketones is 1. The van der Waals surface area contributed by atoms with Crippen LogP contribution in [0.5, 0.6) is 0 Å². The molecule has 0 aliphatic carbocycles. The summed E-state index contributed by atoms with van der Waals surface area (Å²) in [6, 6.07) is 2.02. The van der Waals surface area contributed by atoms with E-state index < -0.39 is 0 Å². The summed E-state index contributed by atoms with van der Waals surface area (Å²) in [6.45, 7) is 1.44. The topological polar surface area (TPSA) is 69.9 Å². The maximum atomic E-state index is 11.0. The summed E-state index contributed by atoms with van der Waals surface area (Å²) in [5, 5.41) is 9.32. The molecule has 0 atom stereocenters. The van der Waals surface area contributed by atoms with Crippen LogP contribution in [0.3, 0.4) is 0 Å². The molecule has 0 bridgehead atoms. The lowest BCUT2D eigenvalue weighted by Gasteiger charge is -2.24. The SMILES string of the molecule is N#CCc1nsc(N2CCC(=O)CC2)n1. The van der Waals surface area contributed by atoms with Crippen molar-refractivity contribution in [2.24, 2.45) is 0 Å². The molecule has 1 aliphatic rings. The first-order valence-corrected chi connectivity index (χ1v) is 5.53. The number of Topliss-reactive ketones (excluding diaryl/α,β-unsaturated/α-hetero) is 1. The molecule has 15 heavy (non-hydrogen) atoms. The Balaban J connectivity index is 2.03. The summed E-state index contributed by atoms with van der Waals surface area (Å²) in [4.78, 5) is 17.3. The molecule has 1 fully saturated rings. The fourth-order valence-corrected chi connectivity index (χ4v) is 2.20. The van der Waals surface area contributed by atoms with Gasteiger partial charge in [-0.15, -0.1) is 0 Å². The Kier molecular flexibility index (Phi) is 2.92. The molecule has 2 heterocycles. The lowest BCUT2D eigenvalue weighted by atomic mass is 10.1. The zero-order valence-electron chi connectivity index (χ0n) is 8.14. The summed E-state index contributed by atoms with van der Waals surface area (Å²) in [5.74, 6) is 0.891. The van der Waals surface area contributed by atoms with Crippen molar-refractivity contribution < 1.29 is 4.79 Å². The van der Waals surface area contributed by atoms with E-state index in [9.17, 15) is 4.79 Å². The third-order valence-electron chi connectivity index (χ3n) is 2.29. The maximum absolute atomic E-state index is 11.0. The highest BCUT2D eigenvalue weighted by atomic mass is 32.1. The van der Waals surface area contributed by atoms with E-state index in [1.54, 1.807) is 0 Å². The normalized spacial score (nSPS) is 16.5. The highest BCUT2D eigenvalue weighted by molar-refractivity contribution is 7.09. The summed E-state index contributed by atoms with van der Waals surface area (Å²) in [5.41, 5.74) is 0. The average Bonchev–Trinajstić information content (AvgIpc) is 2.68. The quantitative estimate of drug-likeness (QED) is 0.739. The second-order valence-electron chi connectivity index (χ2n) is 3.35. The molecule has 0 radical (unpaired) electrons. The fraction of sp³-hybridized carbons (Fsp3) is 0.556. The molecule has 0 amide bonds. The van der Waals surface area contributed by atoms with Gasteiger partial charge in [0.1, 0.15) is 5.78 Å². The van der Waals surface area contributed by atoms with Crippen LogP contribution in [-0.2, 0) is 11.2 Å². The van der Waals surface area contributed by atoms with Gasteiger partial charge >= 0.3 is 0 Å². The molecular weight excluding hydrogens is 212 g/mol. The standard InChI is InChI=1S/C9H10N4OS/c10-4-1-8-11-9(15-12-8)13-5-2-7(14)3-6-13/h1-3,5-6H2. The first-order chi connectivity index (χ1) is 7.29. The van der Waals surface area contributed by atoms with Crippen LogP contribution in [0.2, 0.25) is 0 Å². The summed E-state index contributed by atoms with van der Waals surface area (Å²) in [6.07, 6.45) is 1.43. The van der Waals surface area contributed by atoms with Crippen LogP contribution in [-0.4, -0.2) is 28.2 Å². The number of hydrogen-bond donors (Lipinski definition) is 0. The molecule has 0 aromatic carbocycles. The molecule has 6 heteroatoms. The van der Waals surface area contributed by atoms with Crippen molar-refractivity contribution >= 4 is 22.4 Å². The number of carbonyl (C=O) groups is 1. The smallest absolute Gasteiger partial charge is 0.205 e. The first-order valence-electron chi connectivity index (χ1n) is 4.76. The molecule has 1 aliphatic heterocycles. The van der Waals surface area contributed by atoms with Crippen molar-refractivity contribution in [3.05, 3.63) is 5.82 Å². The summed E-state index contributed by atoms with van der Waals surface area (Å²) < 4.78 is 4.08. The van der Waals surface area contributed by atoms with Gasteiger partial charge in [-0.3, -0.25) is 4.79 Å². The second kappa shape index (κ2) is 4.36. The van der Waals surface area contributed by atoms with Crippen LogP contribution in [0, 0.1) is 11.3 Å². The predicted molar refractivity (Wildman–Crippen MR) is 55.7 cm³/mol. The molecule has 0 N–H and O–H groups in total. The maximum Gasteiger partial charge on any atom is 0.205 e. The van der Waals surface area contributed by atoms with Crippen molar-refractivity contribution in [3.8, 4) is 6.07 Å². The third kappa shape index (κ3) is 2.30. The average molecular weight is 222 g/mol. The van der Waals surface area contributed by atoms with Gasteiger partial charge in [0.2, 0.25) is 5.13 Å². The van der Waals surface area contributed by atoms with Crippen LogP contribution in [0.1, 0.15) is 18.7 Å². The molecule has 0 spiro atoms. The van der Waals surface area contributed by atoms with Crippen molar-refractivity contribution in [1.82, 2.24) is 9.36 Å². The van der Waals surface area contributed by atoms with Gasteiger partial charge in [0.15, 0.2) is 5.82 Å². The Bertz CT molecular complexity index is 398. The van der Waals surface area contributed by atoms with E-state index in [1.165, 1.54) is 11.5 Å². The molecule has 0 unspecified atom stereocenters. The molecule has 0 saturated carbocycles. The van der Waals surface area contributed by atoms with Crippen LogP contribution in [0.4, 0.5) is 5.13 Å². The Morgan fingerprint density at radius 2 is 2.20 bits per heavy atom. The van der Waals surface area contributed by atoms with Gasteiger partial charge < -0.3 is 4.90 Å². The van der Waals surface area contributed by atoms with Crippen LogP contribution >= 0.6 is 11.5 Å². The number of carbonyl (C=O) groups excluding carboxylic acids is 1. The lowest BCUT2D eigenvalue weighted by molar-refractivity contribution is -0.119. The molecule has 1 aromatic rings. The minimum absolute atomic E-state index is 0.253. The van der Waals surface area contributed by atoms with Crippen LogP contribution in [0.25, 0.3) is 0 Å². The number of nitrogens with zero attached hydrogens (tertiary/aromatic N) is 4.